The van der Waals surface area contributed by atoms with Crippen LogP contribution in [0.15, 0.2) is 47.4 Å². The minimum absolute atomic E-state index is 0.0824. The molecule has 7 heteroatoms. The van der Waals surface area contributed by atoms with E-state index in [1.165, 1.54) is 5.56 Å². The maximum Gasteiger partial charge on any atom is 0.410 e. The Hall–Kier alpha value is -2.38. The van der Waals surface area contributed by atoms with Crippen LogP contribution in [0.2, 0.25) is 0 Å². The highest BCUT2D eigenvalue weighted by Crippen LogP contribution is 2.23. The Morgan fingerprint density at radius 3 is 2.43 bits per heavy atom. The molecule has 0 saturated carbocycles. The normalized spacial score (nSPS) is 14.3. The second-order valence-corrected chi connectivity index (χ2v) is 10.2. The number of hydrogen-bond donors (Lipinski definition) is 0. The zero-order valence-electron chi connectivity index (χ0n) is 18.0. The number of hydrogen-bond acceptors (Lipinski definition) is 5. The van der Waals surface area contributed by atoms with E-state index < -0.39 is 15.7 Å². The van der Waals surface area contributed by atoms with Gasteiger partial charge in [0.1, 0.15) is 5.60 Å². The molecule has 0 N–H and O–H groups in total. The van der Waals surface area contributed by atoms with Crippen molar-refractivity contribution in [2.75, 3.05) is 13.2 Å². The molecule has 6 nitrogen and oxygen atoms in total. The Morgan fingerprint density at radius 1 is 1.07 bits per heavy atom. The third-order valence-corrected chi connectivity index (χ3v) is 6.20. The van der Waals surface area contributed by atoms with E-state index in [4.69, 9.17) is 8.92 Å². The van der Waals surface area contributed by atoms with Crippen molar-refractivity contribution in [3.63, 3.8) is 0 Å². The number of carbonyl (C=O) groups is 1. The number of fused-ring (bicyclic) bond motifs is 1. The molecule has 0 fully saturated rings. The first-order valence-electron chi connectivity index (χ1n) is 10.1. The van der Waals surface area contributed by atoms with Crippen LogP contribution < -0.4 is 0 Å². The Bertz CT molecular complexity index is 1010. The summed E-state index contributed by atoms with van der Waals surface area (Å²) in [7, 11) is -3.75. The van der Waals surface area contributed by atoms with Crippen molar-refractivity contribution in [3.05, 3.63) is 64.7 Å². The molecular formula is C23H29NO5S. The average Bonchev–Trinajstić information content (AvgIpc) is 2.66. The lowest BCUT2D eigenvalue weighted by Gasteiger charge is -2.31. The van der Waals surface area contributed by atoms with Crippen molar-refractivity contribution in [1.29, 1.82) is 0 Å². The van der Waals surface area contributed by atoms with Crippen molar-refractivity contribution in [3.8, 4) is 0 Å². The molecule has 0 aromatic heterocycles. The summed E-state index contributed by atoms with van der Waals surface area (Å²) in [6, 6.07) is 12.6. The van der Waals surface area contributed by atoms with Crippen molar-refractivity contribution >= 4 is 16.2 Å². The van der Waals surface area contributed by atoms with Crippen molar-refractivity contribution < 1.29 is 22.1 Å². The lowest BCUT2D eigenvalue weighted by molar-refractivity contribution is 0.0224. The molecule has 1 aliphatic rings. The third kappa shape index (κ3) is 5.83. The third-order valence-electron chi connectivity index (χ3n) is 4.87. The summed E-state index contributed by atoms with van der Waals surface area (Å²) in [5.41, 5.74) is 3.75. The van der Waals surface area contributed by atoms with E-state index in [1.807, 2.05) is 39.8 Å². The summed E-state index contributed by atoms with van der Waals surface area (Å²) in [4.78, 5) is 14.2. The van der Waals surface area contributed by atoms with E-state index in [0.717, 1.165) is 23.1 Å². The molecule has 30 heavy (non-hydrogen) atoms. The van der Waals surface area contributed by atoms with Gasteiger partial charge in [-0.3, -0.25) is 4.18 Å². The van der Waals surface area contributed by atoms with Gasteiger partial charge in [-0.2, -0.15) is 8.42 Å². The van der Waals surface area contributed by atoms with Crippen molar-refractivity contribution in [2.24, 2.45) is 0 Å². The van der Waals surface area contributed by atoms with Gasteiger partial charge in [-0.15, -0.1) is 0 Å². The minimum atomic E-state index is -3.75. The molecule has 0 atom stereocenters. The smallest absolute Gasteiger partial charge is 0.410 e. The maximum atomic E-state index is 12.3. The first-order valence-corrected chi connectivity index (χ1v) is 11.5. The van der Waals surface area contributed by atoms with Gasteiger partial charge >= 0.3 is 6.09 Å². The van der Waals surface area contributed by atoms with Crippen LogP contribution in [0.5, 0.6) is 0 Å². The molecule has 1 aliphatic heterocycles. The molecule has 0 unspecified atom stereocenters. The molecule has 0 aliphatic carbocycles. The Balaban J connectivity index is 1.57. The molecule has 2 aromatic rings. The second kappa shape index (κ2) is 8.78. The van der Waals surface area contributed by atoms with Crippen LogP contribution >= 0.6 is 0 Å². The molecule has 0 spiro atoms. The Kier molecular flexibility index (Phi) is 6.53. The predicted molar refractivity (Wildman–Crippen MR) is 115 cm³/mol. The molecule has 0 bridgehead atoms. The molecular weight excluding hydrogens is 402 g/mol. The zero-order valence-corrected chi connectivity index (χ0v) is 18.8. The summed E-state index contributed by atoms with van der Waals surface area (Å²) >= 11 is 0. The van der Waals surface area contributed by atoms with Gasteiger partial charge < -0.3 is 9.64 Å². The van der Waals surface area contributed by atoms with E-state index in [2.05, 4.69) is 6.07 Å². The largest absolute Gasteiger partial charge is 0.444 e. The summed E-state index contributed by atoms with van der Waals surface area (Å²) in [6.45, 7) is 8.67. The van der Waals surface area contributed by atoms with Crippen LogP contribution in [-0.2, 0) is 38.4 Å². The number of nitrogens with zero attached hydrogens (tertiary/aromatic N) is 1. The Labute approximate surface area is 178 Å². The van der Waals surface area contributed by atoms with Crippen LogP contribution in [0.25, 0.3) is 0 Å². The summed E-state index contributed by atoms with van der Waals surface area (Å²) < 4.78 is 35.2. The summed E-state index contributed by atoms with van der Waals surface area (Å²) in [5.74, 6) is 0. The quantitative estimate of drug-likeness (QED) is 0.662. The van der Waals surface area contributed by atoms with Gasteiger partial charge in [0.05, 0.1) is 11.5 Å². The van der Waals surface area contributed by atoms with Gasteiger partial charge in [0.2, 0.25) is 0 Å². The van der Waals surface area contributed by atoms with Crippen molar-refractivity contribution in [2.45, 2.75) is 57.6 Å². The fourth-order valence-corrected chi connectivity index (χ4v) is 4.19. The van der Waals surface area contributed by atoms with E-state index >= 15 is 0 Å². The highest BCUT2D eigenvalue weighted by molar-refractivity contribution is 7.86. The lowest BCUT2D eigenvalue weighted by atomic mass is 9.96. The standard InChI is InChI=1S/C23H29NO5S/c1-17-5-9-21(10-6-17)30(26,27)28-14-12-18-7-8-20-16-24(13-11-19(20)15-18)22(25)29-23(2,3)4/h5-10,15H,11-14,16H2,1-4H3. The van der Waals surface area contributed by atoms with Gasteiger partial charge in [-0.1, -0.05) is 35.9 Å². The van der Waals surface area contributed by atoms with E-state index in [-0.39, 0.29) is 17.6 Å². The van der Waals surface area contributed by atoms with E-state index in [9.17, 15) is 13.2 Å². The van der Waals surface area contributed by atoms with E-state index in [0.29, 0.717) is 19.5 Å². The van der Waals surface area contributed by atoms with Crippen LogP contribution in [0.3, 0.4) is 0 Å². The lowest BCUT2D eigenvalue weighted by Crippen LogP contribution is -2.39. The topological polar surface area (TPSA) is 72.9 Å². The van der Waals surface area contributed by atoms with Gasteiger partial charge in [0, 0.05) is 13.1 Å². The van der Waals surface area contributed by atoms with E-state index in [1.54, 1.807) is 29.2 Å². The second-order valence-electron chi connectivity index (χ2n) is 8.59. The van der Waals surface area contributed by atoms with Gasteiger partial charge in [0.25, 0.3) is 10.1 Å². The fraction of sp³-hybridized carbons (Fsp3) is 0.435. The minimum Gasteiger partial charge on any atom is -0.444 e. The SMILES string of the molecule is Cc1ccc(S(=O)(=O)OCCc2ccc3c(c2)CCN(C(=O)OC(C)(C)C)C3)cc1. The molecule has 0 saturated heterocycles. The van der Waals surface area contributed by atoms with Gasteiger partial charge in [0.15, 0.2) is 0 Å². The molecule has 3 rings (SSSR count). The first kappa shape index (κ1) is 22.3. The molecule has 1 heterocycles. The van der Waals surface area contributed by atoms with Crippen LogP contribution in [0, 0.1) is 6.92 Å². The number of rotatable bonds is 5. The summed E-state index contributed by atoms with van der Waals surface area (Å²) in [5, 5.41) is 0. The average molecular weight is 432 g/mol. The number of carbonyl (C=O) groups excluding carboxylic acids is 1. The first-order chi connectivity index (χ1) is 14.0. The Morgan fingerprint density at radius 2 is 1.77 bits per heavy atom. The number of benzene rings is 2. The highest BCUT2D eigenvalue weighted by atomic mass is 32.2. The molecule has 2 aromatic carbocycles. The summed E-state index contributed by atoms with van der Waals surface area (Å²) in [6.07, 6.45) is 0.936. The highest BCUT2D eigenvalue weighted by Gasteiger charge is 2.25. The number of ether oxygens (including phenoxy) is 1. The van der Waals surface area contributed by atoms with Crippen LogP contribution in [0.4, 0.5) is 4.79 Å². The predicted octanol–water partition coefficient (Wildman–Crippen LogP) is 4.24. The number of aryl methyl sites for hydroxylation is 1. The maximum absolute atomic E-state index is 12.3. The van der Waals surface area contributed by atoms with Gasteiger partial charge in [-0.05, 0) is 69.4 Å². The molecule has 162 valence electrons. The zero-order chi connectivity index (χ0) is 21.9. The molecule has 1 amide bonds. The van der Waals surface area contributed by atoms with Crippen LogP contribution in [0.1, 0.15) is 43.0 Å². The van der Waals surface area contributed by atoms with Gasteiger partial charge in [-0.25, -0.2) is 4.79 Å². The fourth-order valence-electron chi connectivity index (χ4n) is 3.29. The van der Waals surface area contributed by atoms with Crippen molar-refractivity contribution in [1.82, 2.24) is 4.90 Å². The van der Waals surface area contributed by atoms with Crippen LogP contribution in [-0.4, -0.2) is 38.2 Å². The monoisotopic (exact) mass is 431 g/mol. The molecule has 0 radical (unpaired) electrons. The number of amides is 1.